The minimum absolute atomic E-state index is 0.204. The summed E-state index contributed by atoms with van der Waals surface area (Å²) in [5.41, 5.74) is 1.96. The SMILES string of the molecule is CC(C)C(CCC(C)C1CCC2C3C(CC[C@]12C)[C@@]1(C)CC[C@H](O)CC1=C[C@H]3O)C(C)C. The molecule has 2 N–H and O–H groups in total. The third-order valence-electron chi connectivity index (χ3n) is 11.5. The van der Waals surface area contributed by atoms with E-state index in [4.69, 9.17) is 0 Å². The average Bonchev–Trinajstić information content (AvgIpc) is 3.06. The van der Waals surface area contributed by atoms with Gasteiger partial charge in [0.1, 0.15) is 0 Å². The molecular weight excluding hydrogens is 392 g/mol. The number of hydrogen-bond acceptors (Lipinski definition) is 2. The topological polar surface area (TPSA) is 40.5 Å². The van der Waals surface area contributed by atoms with Crippen molar-refractivity contribution in [3.8, 4) is 0 Å². The molecule has 0 aliphatic heterocycles. The fraction of sp³-hybridized carbons (Fsp3) is 0.933. The van der Waals surface area contributed by atoms with Gasteiger partial charge in [0, 0.05) is 0 Å². The molecule has 3 saturated carbocycles. The van der Waals surface area contributed by atoms with E-state index in [-0.39, 0.29) is 17.6 Å². The molecule has 0 aromatic carbocycles. The summed E-state index contributed by atoms with van der Waals surface area (Å²) in [5.74, 6) is 5.67. The van der Waals surface area contributed by atoms with Crippen LogP contribution in [0.2, 0.25) is 0 Å². The molecule has 0 aromatic rings. The summed E-state index contributed by atoms with van der Waals surface area (Å²) in [5, 5.41) is 21.6. The van der Waals surface area contributed by atoms with Crippen LogP contribution in [0, 0.1) is 58.2 Å². The molecule has 184 valence electrons. The van der Waals surface area contributed by atoms with Crippen LogP contribution < -0.4 is 0 Å². The average molecular weight is 445 g/mol. The first-order valence-corrected chi connectivity index (χ1v) is 14.1. The van der Waals surface area contributed by atoms with Gasteiger partial charge in [-0.1, -0.05) is 66.5 Å². The number of aliphatic hydroxyl groups is 2. The molecule has 4 rings (SSSR count). The number of fused-ring (bicyclic) bond motifs is 5. The summed E-state index contributed by atoms with van der Waals surface area (Å²) in [4.78, 5) is 0. The molecule has 0 heterocycles. The van der Waals surface area contributed by atoms with Crippen LogP contribution in [0.3, 0.4) is 0 Å². The minimum atomic E-state index is -0.307. The molecule has 3 fully saturated rings. The Kier molecular flexibility index (Phi) is 6.99. The van der Waals surface area contributed by atoms with E-state index in [9.17, 15) is 10.2 Å². The van der Waals surface area contributed by atoms with Crippen molar-refractivity contribution in [3.63, 3.8) is 0 Å². The van der Waals surface area contributed by atoms with Gasteiger partial charge in [-0.3, -0.25) is 0 Å². The van der Waals surface area contributed by atoms with Gasteiger partial charge in [0.05, 0.1) is 12.2 Å². The van der Waals surface area contributed by atoms with Gasteiger partial charge in [-0.2, -0.15) is 0 Å². The van der Waals surface area contributed by atoms with Crippen LogP contribution in [0.4, 0.5) is 0 Å². The summed E-state index contributed by atoms with van der Waals surface area (Å²) in [6.07, 6.45) is 12.5. The molecule has 32 heavy (non-hydrogen) atoms. The standard InChI is InChI=1S/C30H52O2/c1-18(2)23(19(3)4)9-8-20(5)24-10-11-25-28-26(13-15-30(24,25)7)29(6)14-12-22(31)16-21(29)17-27(28)32/h17-20,22-28,31-32H,8-16H2,1-7H3/t20?,22-,24?,25?,26?,27+,28?,29-,30+/m0/s1. The van der Waals surface area contributed by atoms with Crippen molar-refractivity contribution in [2.24, 2.45) is 58.2 Å². The van der Waals surface area contributed by atoms with Crippen LogP contribution in [0.1, 0.15) is 106 Å². The first kappa shape index (κ1) is 24.8. The molecule has 0 bridgehead atoms. The molecule has 2 heteroatoms. The Bertz CT molecular complexity index is 687. The molecule has 9 atom stereocenters. The maximum atomic E-state index is 11.4. The maximum Gasteiger partial charge on any atom is 0.0757 e. The highest BCUT2D eigenvalue weighted by Gasteiger charge is 2.61. The molecule has 5 unspecified atom stereocenters. The monoisotopic (exact) mass is 444 g/mol. The summed E-state index contributed by atoms with van der Waals surface area (Å²) < 4.78 is 0. The zero-order valence-electron chi connectivity index (χ0n) is 22.1. The van der Waals surface area contributed by atoms with E-state index in [0.717, 1.165) is 48.9 Å². The molecule has 0 aromatic heterocycles. The summed E-state index contributed by atoms with van der Waals surface area (Å²) in [6, 6.07) is 0. The van der Waals surface area contributed by atoms with Gasteiger partial charge in [0.15, 0.2) is 0 Å². The number of rotatable bonds is 6. The van der Waals surface area contributed by atoms with E-state index in [2.05, 4.69) is 54.5 Å². The molecule has 0 amide bonds. The Labute approximate surface area is 198 Å². The lowest BCUT2D eigenvalue weighted by atomic mass is 9.46. The lowest BCUT2D eigenvalue weighted by molar-refractivity contribution is -0.0972. The summed E-state index contributed by atoms with van der Waals surface area (Å²) in [6.45, 7) is 17.2. The second-order valence-corrected chi connectivity index (χ2v) is 13.7. The van der Waals surface area contributed by atoms with E-state index >= 15 is 0 Å². The Balaban J connectivity index is 1.51. The van der Waals surface area contributed by atoms with Gasteiger partial charge >= 0.3 is 0 Å². The second-order valence-electron chi connectivity index (χ2n) is 13.7. The lowest BCUT2D eigenvalue weighted by Gasteiger charge is -2.59. The van der Waals surface area contributed by atoms with Crippen LogP contribution in [-0.2, 0) is 0 Å². The normalized spacial score (nSPS) is 44.9. The van der Waals surface area contributed by atoms with Crippen molar-refractivity contribution in [2.75, 3.05) is 0 Å². The van der Waals surface area contributed by atoms with Crippen LogP contribution in [-0.4, -0.2) is 22.4 Å². The third kappa shape index (κ3) is 4.04. The van der Waals surface area contributed by atoms with E-state index in [1.807, 2.05) is 0 Å². The van der Waals surface area contributed by atoms with E-state index in [1.54, 1.807) is 0 Å². The van der Waals surface area contributed by atoms with Crippen LogP contribution >= 0.6 is 0 Å². The van der Waals surface area contributed by atoms with Crippen molar-refractivity contribution in [2.45, 2.75) is 118 Å². The number of hydrogen-bond donors (Lipinski definition) is 2. The van der Waals surface area contributed by atoms with Gasteiger partial charge in [-0.15, -0.1) is 0 Å². The fourth-order valence-electron chi connectivity index (χ4n) is 9.70. The first-order valence-electron chi connectivity index (χ1n) is 14.1. The molecule has 0 radical (unpaired) electrons. The Morgan fingerprint density at radius 2 is 1.56 bits per heavy atom. The van der Waals surface area contributed by atoms with Crippen molar-refractivity contribution < 1.29 is 10.2 Å². The molecular formula is C30H52O2. The van der Waals surface area contributed by atoms with Gasteiger partial charge < -0.3 is 10.2 Å². The van der Waals surface area contributed by atoms with Crippen molar-refractivity contribution >= 4 is 0 Å². The smallest absolute Gasteiger partial charge is 0.0757 e. The maximum absolute atomic E-state index is 11.4. The highest BCUT2D eigenvalue weighted by atomic mass is 16.3. The largest absolute Gasteiger partial charge is 0.393 e. The van der Waals surface area contributed by atoms with Crippen molar-refractivity contribution in [1.29, 1.82) is 0 Å². The first-order chi connectivity index (χ1) is 15.0. The molecule has 2 nitrogen and oxygen atoms in total. The predicted molar refractivity (Wildman–Crippen MR) is 134 cm³/mol. The third-order valence-corrected chi connectivity index (χ3v) is 11.5. The Morgan fingerprint density at radius 1 is 0.875 bits per heavy atom. The molecule has 4 aliphatic rings. The molecule has 0 saturated heterocycles. The summed E-state index contributed by atoms with van der Waals surface area (Å²) >= 11 is 0. The van der Waals surface area contributed by atoms with Crippen LogP contribution in [0.5, 0.6) is 0 Å². The zero-order valence-corrected chi connectivity index (χ0v) is 22.1. The van der Waals surface area contributed by atoms with Gasteiger partial charge in [0.2, 0.25) is 0 Å². The van der Waals surface area contributed by atoms with E-state index < -0.39 is 0 Å². The van der Waals surface area contributed by atoms with Gasteiger partial charge in [-0.25, -0.2) is 0 Å². The zero-order chi connectivity index (χ0) is 23.4. The fourth-order valence-corrected chi connectivity index (χ4v) is 9.70. The molecule has 0 spiro atoms. The van der Waals surface area contributed by atoms with Crippen molar-refractivity contribution in [1.82, 2.24) is 0 Å². The van der Waals surface area contributed by atoms with E-state index in [1.165, 1.54) is 44.1 Å². The second kappa shape index (κ2) is 9.03. The Morgan fingerprint density at radius 3 is 2.22 bits per heavy atom. The van der Waals surface area contributed by atoms with Crippen LogP contribution in [0.15, 0.2) is 11.6 Å². The van der Waals surface area contributed by atoms with E-state index in [0.29, 0.717) is 23.2 Å². The van der Waals surface area contributed by atoms with Gasteiger partial charge in [-0.05, 0) is 110 Å². The molecule has 4 aliphatic carbocycles. The highest BCUT2D eigenvalue weighted by molar-refractivity contribution is 5.27. The van der Waals surface area contributed by atoms with Gasteiger partial charge in [0.25, 0.3) is 0 Å². The summed E-state index contributed by atoms with van der Waals surface area (Å²) in [7, 11) is 0. The lowest BCUT2D eigenvalue weighted by Crippen LogP contribution is -2.55. The van der Waals surface area contributed by atoms with Crippen molar-refractivity contribution in [3.05, 3.63) is 11.6 Å². The highest BCUT2D eigenvalue weighted by Crippen LogP contribution is 2.67. The Hall–Kier alpha value is -0.340. The van der Waals surface area contributed by atoms with Crippen LogP contribution in [0.25, 0.3) is 0 Å². The minimum Gasteiger partial charge on any atom is -0.393 e. The predicted octanol–water partition coefficient (Wildman–Crippen LogP) is 7.24. The quantitative estimate of drug-likeness (QED) is 0.424. The number of aliphatic hydroxyl groups excluding tert-OH is 2.